The van der Waals surface area contributed by atoms with Crippen molar-refractivity contribution in [3.05, 3.63) is 54.0 Å². The number of carbonyl (C=O) groups excluding carboxylic acids is 1. The number of hydrogen-bond acceptors (Lipinski definition) is 5. The van der Waals surface area contributed by atoms with Gasteiger partial charge in [-0.05, 0) is 62.1 Å². The number of rotatable bonds is 7. The molecule has 2 heterocycles. The van der Waals surface area contributed by atoms with Gasteiger partial charge in [0.05, 0.1) is 17.9 Å². The molecule has 0 bridgehead atoms. The Labute approximate surface area is 184 Å². The van der Waals surface area contributed by atoms with Crippen LogP contribution >= 0.6 is 0 Å². The summed E-state index contributed by atoms with van der Waals surface area (Å²) in [4.78, 5) is 14.9. The average Bonchev–Trinajstić information content (AvgIpc) is 3.33. The molecule has 4 rings (SSSR count). The first-order chi connectivity index (χ1) is 15.2. The third-order valence-corrected chi connectivity index (χ3v) is 6.52. The zero-order valence-electron chi connectivity index (χ0n) is 18.1. The summed E-state index contributed by atoms with van der Waals surface area (Å²) in [7, 11) is 0. The molecule has 1 aliphatic heterocycles. The Balaban J connectivity index is 1.30. The lowest BCUT2D eigenvalue weighted by Gasteiger charge is -2.40. The van der Waals surface area contributed by atoms with Crippen LogP contribution in [-0.4, -0.2) is 37.1 Å². The molecule has 31 heavy (non-hydrogen) atoms. The predicted octanol–water partition coefficient (Wildman–Crippen LogP) is 3.77. The normalized spacial score (nSPS) is 23.8. The quantitative estimate of drug-likeness (QED) is 0.713. The number of nitrogens with one attached hydrogen (secondary N) is 2. The van der Waals surface area contributed by atoms with Crippen LogP contribution in [0.4, 0.5) is 5.69 Å². The van der Waals surface area contributed by atoms with E-state index in [1.807, 2.05) is 36.4 Å². The fourth-order valence-corrected chi connectivity index (χ4v) is 4.87. The molecule has 1 saturated heterocycles. The van der Waals surface area contributed by atoms with Gasteiger partial charge in [0.25, 0.3) is 0 Å². The number of benzene rings is 1. The van der Waals surface area contributed by atoms with Crippen LogP contribution in [0.1, 0.15) is 56.3 Å². The van der Waals surface area contributed by atoms with E-state index in [0.29, 0.717) is 30.5 Å². The first kappa shape index (κ1) is 21.5. The standard InChI is InChI=1S/C25H32N4O2/c26-17-19-9-11-21(12-10-19)29-15-3-5-20(18-29)27-23-7-1-2-8-24(23)28-25(30)14-13-22-6-4-16-31-22/h4,6,9-12,16,20,23-24,27H,1-3,5,7-8,13-15,18H2,(H,28,30)/t20-,23+,24+/m0/s1. The predicted molar refractivity (Wildman–Crippen MR) is 121 cm³/mol. The van der Waals surface area contributed by atoms with Gasteiger partial charge in [-0.3, -0.25) is 4.79 Å². The minimum absolute atomic E-state index is 0.109. The van der Waals surface area contributed by atoms with E-state index in [1.165, 1.54) is 18.5 Å². The zero-order valence-corrected chi connectivity index (χ0v) is 18.1. The van der Waals surface area contributed by atoms with Crippen LogP contribution in [0.2, 0.25) is 0 Å². The highest BCUT2D eigenvalue weighted by atomic mass is 16.3. The Kier molecular flexibility index (Phi) is 7.26. The SMILES string of the molecule is N#Cc1ccc(N2CCC[C@H](N[C@@H]3CCCC[C@H]3NC(=O)CCc3ccco3)C2)cc1. The second-order valence-corrected chi connectivity index (χ2v) is 8.75. The van der Waals surface area contributed by atoms with E-state index in [4.69, 9.17) is 9.68 Å². The number of aryl methyl sites for hydroxylation is 1. The molecule has 2 aromatic rings. The topological polar surface area (TPSA) is 81.3 Å². The number of nitriles is 1. The van der Waals surface area contributed by atoms with Crippen LogP contribution in [0.25, 0.3) is 0 Å². The Morgan fingerprint density at radius 3 is 2.65 bits per heavy atom. The molecule has 1 amide bonds. The summed E-state index contributed by atoms with van der Waals surface area (Å²) in [5.74, 6) is 0.969. The zero-order chi connectivity index (χ0) is 21.5. The maximum atomic E-state index is 12.5. The number of furan rings is 1. The second-order valence-electron chi connectivity index (χ2n) is 8.75. The van der Waals surface area contributed by atoms with Crippen LogP contribution in [0, 0.1) is 11.3 Å². The molecule has 2 aliphatic rings. The third kappa shape index (κ3) is 5.89. The van der Waals surface area contributed by atoms with E-state index in [9.17, 15) is 4.79 Å². The molecule has 6 nitrogen and oxygen atoms in total. The molecule has 6 heteroatoms. The summed E-state index contributed by atoms with van der Waals surface area (Å²) in [5, 5.41) is 16.2. The average molecular weight is 421 g/mol. The molecule has 2 fully saturated rings. The van der Waals surface area contributed by atoms with Gasteiger partial charge in [-0.1, -0.05) is 12.8 Å². The lowest BCUT2D eigenvalue weighted by Crippen LogP contribution is -2.57. The van der Waals surface area contributed by atoms with Crippen LogP contribution in [0.3, 0.4) is 0 Å². The van der Waals surface area contributed by atoms with Crippen molar-refractivity contribution in [3.8, 4) is 6.07 Å². The fourth-order valence-electron chi connectivity index (χ4n) is 4.87. The summed E-state index contributed by atoms with van der Waals surface area (Å²) >= 11 is 0. The van der Waals surface area contributed by atoms with Gasteiger partial charge in [-0.25, -0.2) is 0 Å². The maximum absolute atomic E-state index is 12.5. The summed E-state index contributed by atoms with van der Waals surface area (Å²) in [6.07, 6.45) is 9.59. The molecular formula is C25H32N4O2. The summed E-state index contributed by atoms with van der Waals surface area (Å²) in [6.45, 7) is 2.00. The van der Waals surface area contributed by atoms with Gasteiger partial charge >= 0.3 is 0 Å². The van der Waals surface area contributed by atoms with Gasteiger partial charge in [0.1, 0.15) is 5.76 Å². The molecule has 1 saturated carbocycles. The largest absolute Gasteiger partial charge is 0.469 e. The molecule has 1 aromatic heterocycles. The van der Waals surface area contributed by atoms with Crippen molar-refractivity contribution in [1.29, 1.82) is 5.26 Å². The molecule has 0 radical (unpaired) electrons. The number of nitrogens with zero attached hydrogens (tertiary/aromatic N) is 2. The summed E-state index contributed by atoms with van der Waals surface area (Å²) in [6, 6.07) is 14.8. The lowest BCUT2D eigenvalue weighted by molar-refractivity contribution is -0.122. The van der Waals surface area contributed by atoms with Crippen LogP contribution < -0.4 is 15.5 Å². The highest BCUT2D eigenvalue weighted by Gasteiger charge is 2.30. The van der Waals surface area contributed by atoms with Gasteiger partial charge in [-0.2, -0.15) is 5.26 Å². The van der Waals surface area contributed by atoms with E-state index in [0.717, 1.165) is 44.5 Å². The highest BCUT2D eigenvalue weighted by Crippen LogP contribution is 2.24. The minimum atomic E-state index is 0.109. The maximum Gasteiger partial charge on any atom is 0.220 e. The molecule has 164 valence electrons. The molecule has 3 atom stereocenters. The van der Waals surface area contributed by atoms with Gasteiger partial charge in [0.15, 0.2) is 0 Å². The molecule has 0 spiro atoms. The van der Waals surface area contributed by atoms with E-state index in [1.54, 1.807) is 6.26 Å². The number of carbonyl (C=O) groups is 1. The molecule has 1 aromatic carbocycles. The summed E-state index contributed by atoms with van der Waals surface area (Å²) < 4.78 is 5.34. The second kappa shape index (κ2) is 10.5. The first-order valence-electron chi connectivity index (χ1n) is 11.5. The van der Waals surface area contributed by atoms with Crippen molar-refractivity contribution in [2.45, 2.75) is 69.5 Å². The van der Waals surface area contributed by atoms with Gasteiger partial charge < -0.3 is 20.0 Å². The van der Waals surface area contributed by atoms with E-state index in [2.05, 4.69) is 21.6 Å². The van der Waals surface area contributed by atoms with Gasteiger partial charge in [0.2, 0.25) is 5.91 Å². The van der Waals surface area contributed by atoms with Crippen molar-refractivity contribution in [2.75, 3.05) is 18.0 Å². The van der Waals surface area contributed by atoms with Crippen molar-refractivity contribution in [3.63, 3.8) is 0 Å². The Morgan fingerprint density at radius 2 is 1.90 bits per heavy atom. The van der Waals surface area contributed by atoms with Crippen LogP contribution in [0.5, 0.6) is 0 Å². The van der Waals surface area contributed by atoms with Crippen molar-refractivity contribution >= 4 is 11.6 Å². The lowest BCUT2D eigenvalue weighted by atomic mass is 9.88. The number of piperidine rings is 1. The molecule has 1 aliphatic carbocycles. The Bertz CT molecular complexity index is 872. The van der Waals surface area contributed by atoms with E-state index in [-0.39, 0.29) is 11.9 Å². The van der Waals surface area contributed by atoms with Crippen molar-refractivity contribution < 1.29 is 9.21 Å². The molecule has 0 unspecified atom stereocenters. The fraction of sp³-hybridized carbons (Fsp3) is 0.520. The summed E-state index contributed by atoms with van der Waals surface area (Å²) in [5.41, 5.74) is 1.88. The third-order valence-electron chi connectivity index (χ3n) is 6.52. The highest BCUT2D eigenvalue weighted by molar-refractivity contribution is 5.76. The molecule has 2 N–H and O–H groups in total. The Morgan fingerprint density at radius 1 is 1.10 bits per heavy atom. The van der Waals surface area contributed by atoms with Crippen LogP contribution in [0.15, 0.2) is 47.1 Å². The molecular weight excluding hydrogens is 388 g/mol. The van der Waals surface area contributed by atoms with Crippen molar-refractivity contribution in [2.24, 2.45) is 0 Å². The number of hydrogen-bond donors (Lipinski definition) is 2. The number of anilines is 1. The van der Waals surface area contributed by atoms with E-state index < -0.39 is 0 Å². The first-order valence-corrected chi connectivity index (χ1v) is 11.5. The number of amides is 1. The monoisotopic (exact) mass is 420 g/mol. The van der Waals surface area contributed by atoms with Gasteiger partial charge in [0, 0.05) is 49.7 Å². The smallest absolute Gasteiger partial charge is 0.220 e. The Hall–Kier alpha value is -2.78. The minimum Gasteiger partial charge on any atom is -0.469 e. The van der Waals surface area contributed by atoms with Gasteiger partial charge in [-0.15, -0.1) is 0 Å². The van der Waals surface area contributed by atoms with E-state index >= 15 is 0 Å². The van der Waals surface area contributed by atoms with Crippen LogP contribution in [-0.2, 0) is 11.2 Å². The van der Waals surface area contributed by atoms with Crippen molar-refractivity contribution in [1.82, 2.24) is 10.6 Å².